The molecule has 0 aromatic heterocycles. The molecule has 0 unspecified atom stereocenters. The summed E-state index contributed by atoms with van der Waals surface area (Å²) >= 11 is 0. The van der Waals surface area contributed by atoms with Crippen molar-refractivity contribution in [2.24, 2.45) is 0 Å². The Labute approximate surface area is 91.2 Å². The minimum atomic E-state index is -0.126. The van der Waals surface area contributed by atoms with E-state index in [0.717, 1.165) is 13.0 Å². The molecule has 2 amide bonds. The number of nitrogens with one attached hydrogen (secondary N) is 2. The first kappa shape index (κ1) is 13.9. The largest absolute Gasteiger partial charge is 0.358 e. The number of carbonyl (C=O) groups is 2. The maximum absolute atomic E-state index is 11.6. The Balaban J connectivity index is 3.93. The Morgan fingerprint density at radius 3 is 2.40 bits per heavy atom. The lowest BCUT2D eigenvalue weighted by Crippen LogP contribution is -2.39. The maximum atomic E-state index is 11.6. The van der Waals surface area contributed by atoms with Gasteiger partial charge in [-0.1, -0.05) is 0 Å². The van der Waals surface area contributed by atoms with E-state index in [0.29, 0.717) is 13.0 Å². The fourth-order valence-corrected chi connectivity index (χ4v) is 1.20. The molecule has 0 saturated heterocycles. The van der Waals surface area contributed by atoms with E-state index in [2.05, 4.69) is 10.6 Å². The highest BCUT2D eigenvalue weighted by molar-refractivity contribution is 5.84. The summed E-state index contributed by atoms with van der Waals surface area (Å²) < 4.78 is 0. The zero-order valence-electron chi connectivity index (χ0n) is 9.80. The van der Waals surface area contributed by atoms with E-state index in [1.54, 1.807) is 11.9 Å². The molecule has 5 nitrogen and oxygen atoms in total. The molecule has 2 N–H and O–H groups in total. The van der Waals surface area contributed by atoms with Crippen molar-refractivity contribution < 1.29 is 9.59 Å². The highest BCUT2D eigenvalue weighted by atomic mass is 16.2. The quantitative estimate of drug-likeness (QED) is 0.567. The second-order valence-corrected chi connectivity index (χ2v) is 3.29. The van der Waals surface area contributed by atoms with E-state index in [9.17, 15) is 9.59 Å². The standard InChI is InChI=1S/C10H21N3O2/c1-4-13(8-9(14)12-3)10(15)6-5-7-11-2/h11H,4-8H2,1-3H3,(H,12,14). The van der Waals surface area contributed by atoms with E-state index in [1.807, 2.05) is 14.0 Å². The van der Waals surface area contributed by atoms with Gasteiger partial charge in [-0.2, -0.15) is 0 Å². The average Bonchev–Trinajstić information content (AvgIpc) is 2.25. The molecule has 0 rings (SSSR count). The van der Waals surface area contributed by atoms with Crippen molar-refractivity contribution in [1.82, 2.24) is 15.5 Å². The second kappa shape index (κ2) is 8.23. The van der Waals surface area contributed by atoms with Gasteiger partial charge in [0.1, 0.15) is 0 Å². The van der Waals surface area contributed by atoms with Crippen LogP contribution in [0.1, 0.15) is 19.8 Å². The molecule has 5 heteroatoms. The van der Waals surface area contributed by atoms with Crippen molar-refractivity contribution in [3.8, 4) is 0 Å². The summed E-state index contributed by atoms with van der Waals surface area (Å²) in [6.07, 6.45) is 1.30. The molecule has 0 spiro atoms. The number of likely N-dealkylation sites (N-methyl/N-ethyl adjacent to an activating group) is 2. The lowest BCUT2D eigenvalue weighted by molar-refractivity contribution is -0.135. The van der Waals surface area contributed by atoms with E-state index < -0.39 is 0 Å². The van der Waals surface area contributed by atoms with Gasteiger partial charge in [0.05, 0.1) is 6.54 Å². The van der Waals surface area contributed by atoms with E-state index in [-0.39, 0.29) is 18.4 Å². The Morgan fingerprint density at radius 2 is 1.93 bits per heavy atom. The van der Waals surface area contributed by atoms with Crippen LogP contribution in [-0.4, -0.2) is 50.4 Å². The third kappa shape index (κ3) is 6.06. The van der Waals surface area contributed by atoms with Gasteiger partial charge in [-0.05, 0) is 26.9 Å². The van der Waals surface area contributed by atoms with Crippen molar-refractivity contribution in [2.45, 2.75) is 19.8 Å². The maximum Gasteiger partial charge on any atom is 0.239 e. The van der Waals surface area contributed by atoms with Crippen LogP contribution in [0.25, 0.3) is 0 Å². The molecule has 88 valence electrons. The number of hydrogen-bond donors (Lipinski definition) is 2. The Hall–Kier alpha value is -1.10. The summed E-state index contributed by atoms with van der Waals surface area (Å²) in [4.78, 5) is 24.3. The van der Waals surface area contributed by atoms with E-state index in [4.69, 9.17) is 0 Å². The zero-order valence-corrected chi connectivity index (χ0v) is 9.80. The second-order valence-electron chi connectivity index (χ2n) is 3.29. The topological polar surface area (TPSA) is 61.4 Å². The minimum absolute atomic E-state index is 0.0383. The number of amides is 2. The predicted molar refractivity (Wildman–Crippen MR) is 59.5 cm³/mol. The van der Waals surface area contributed by atoms with Crippen molar-refractivity contribution in [3.63, 3.8) is 0 Å². The predicted octanol–water partition coefficient (Wildman–Crippen LogP) is -0.419. The molecule has 0 bridgehead atoms. The summed E-state index contributed by atoms with van der Waals surface area (Å²) in [5.74, 6) is -0.0878. The third-order valence-electron chi connectivity index (χ3n) is 2.17. The van der Waals surface area contributed by atoms with Gasteiger partial charge in [0.2, 0.25) is 11.8 Å². The smallest absolute Gasteiger partial charge is 0.239 e. The summed E-state index contributed by atoms with van der Waals surface area (Å²) in [6.45, 7) is 3.43. The van der Waals surface area contributed by atoms with E-state index in [1.165, 1.54) is 0 Å². The van der Waals surface area contributed by atoms with Crippen LogP contribution < -0.4 is 10.6 Å². The van der Waals surface area contributed by atoms with Gasteiger partial charge < -0.3 is 15.5 Å². The van der Waals surface area contributed by atoms with Gasteiger partial charge in [-0.25, -0.2) is 0 Å². The fraction of sp³-hybridized carbons (Fsp3) is 0.800. The monoisotopic (exact) mass is 215 g/mol. The Bertz CT molecular complexity index is 207. The van der Waals surface area contributed by atoms with Gasteiger partial charge in [-0.15, -0.1) is 0 Å². The highest BCUT2D eigenvalue weighted by Gasteiger charge is 2.13. The van der Waals surface area contributed by atoms with Gasteiger partial charge in [0, 0.05) is 20.0 Å². The van der Waals surface area contributed by atoms with Gasteiger partial charge >= 0.3 is 0 Å². The zero-order chi connectivity index (χ0) is 11.7. The molecule has 0 aliphatic carbocycles. The molecule has 0 radical (unpaired) electrons. The molecule has 0 heterocycles. The first-order valence-corrected chi connectivity index (χ1v) is 5.28. The van der Waals surface area contributed by atoms with Crippen LogP contribution in [0.4, 0.5) is 0 Å². The normalized spacial score (nSPS) is 9.80. The molecule has 0 aromatic carbocycles. The summed E-state index contributed by atoms with van der Waals surface area (Å²) in [5, 5.41) is 5.49. The van der Waals surface area contributed by atoms with Gasteiger partial charge in [0.15, 0.2) is 0 Å². The number of rotatable bonds is 7. The summed E-state index contributed by atoms with van der Waals surface area (Å²) in [5.41, 5.74) is 0. The lowest BCUT2D eigenvalue weighted by Gasteiger charge is -2.19. The van der Waals surface area contributed by atoms with Gasteiger partial charge in [0.25, 0.3) is 0 Å². The van der Waals surface area contributed by atoms with Crippen LogP contribution in [0, 0.1) is 0 Å². The van der Waals surface area contributed by atoms with Crippen LogP contribution in [0.3, 0.4) is 0 Å². The molecule has 0 aliphatic rings. The van der Waals surface area contributed by atoms with Crippen LogP contribution in [0.5, 0.6) is 0 Å². The SMILES string of the molecule is CCN(CC(=O)NC)C(=O)CCCNC. The molecule has 0 aromatic rings. The molecular formula is C10H21N3O2. The third-order valence-corrected chi connectivity index (χ3v) is 2.17. The molecule has 0 atom stereocenters. The van der Waals surface area contributed by atoms with Crippen LogP contribution in [-0.2, 0) is 9.59 Å². The number of carbonyl (C=O) groups excluding carboxylic acids is 2. The molecule has 0 aliphatic heterocycles. The van der Waals surface area contributed by atoms with Crippen molar-refractivity contribution in [3.05, 3.63) is 0 Å². The van der Waals surface area contributed by atoms with Crippen LogP contribution >= 0.6 is 0 Å². The minimum Gasteiger partial charge on any atom is -0.358 e. The average molecular weight is 215 g/mol. The lowest BCUT2D eigenvalue weighted by atomic mass is 10.2. The van der Waals surface area contributed by atoms with Crippen molar-refractivity contribution >= 4 is 11.8 Å². The number of hydrogen-bond acceptors (Lipinski definition) is 3. The number of nitrogens with zero attached hydrogens (tertiary/aromatic N) is 1. The molecular weight excluding hydrogens is 194 g/mol. The first-order chi connectivity index (χ1) is 7.15. The highest BCUT2D eigenvalue weighted by Crippen LogP contribution is 1.97. The Kier molecular flexibility index (Phi) is 7.62. The van der Waals surface area contributed by atoms with Gasteiger partial charge in [-0.3, -0.25) is 9.59 Å². The Morgan fingerprint density at radius 1 is 1.27 bits per heavy atom. The fourth-order valence-electron chi connectivity index (χ4n) is 1.20. The van der Waals surface area contributed by atoms with E-state index >= 15 is 0 Å². The summed E-state index contributed by atoms with van der Waals surface area (Å²) in [6, 6.07) is 0. The van der Waals surface area contributed by atoms with Crippen molar-refractivity contribution in [2.75, 3.05) is 33.7 Å². The van der Waals surface area contributed by atoms with Crippen LogP contribution in [0.15, 0.2) is 0 Å². The summed E-state index contributed by atoms with van der Waals surface area (Å²) in [7, 11) is 3.42. The molecule has 0 fully saturated rings. The molecule has 15 heavy (non-hydrogen) atoms. The van der Waals surface area contributed by atoms with Crippen molar-refractivity contribution in [1.29, 1.82) is 0 Å². The first-order valence-electron chi connectivity index (χ1n) is 5.28. The molecule has 0 saturated carbocycles. The van der Waals surface area contributed by atoms with Crippen LogP contribution in [0.2, 0.25) is 0 Å².